The van der Waals surface area contributed by atoms with Crippen molar-refractivity contribution in [3.8, 4) is 5.75 Å². The molecule has 11 heteroatoms. The summed E-state index contributed by atoms with van der Waals surface area (Å²) in [6.07, 6.45) is 3.19. The molecule has 6 heterocycles. The molecule has 2 aromatic rings. The van der Waals surface area contributed by atoms with E-state index in [1.165, 1.54) is 6.08 Å². The number of aromatic nitrogens is 2. The van der Waals surface area contributed by atoms with E-state index >= 15 is 0 Å². The molecule has 6 rings (SSSR count). The number of fused-ring (bicyclic) bond motifs is 2. The fraction of sp³-hybridized carbons (Fsp3) is 0.500. The van der Waals surface area contributed by atoms with Crippen LogP contribution in [0.3, 0.4) is 0 Å². The molecule has 37 heavy (non-hydrogen) atoms. The van der Waals surface area contributed by atoms with E-state index in [9.17, 15) is 9.36 Å². The highest BCUT2D eigenvalue weighted by Gasteiger charge is 2.41. The minimum absolute atomic E-state index is 0.0104. The molecule has 0 unspecified atom stereocenters. The molecule has 10 nitrogen and oxygen atoms in total. The van der Waals surface area contributed by atoms with Crippen LogP contribution in [0, 0.1) is 0 Å². The maximum atomic E-state index is 13.4. The lowest BCUT2D eigenvalue weighted by atomic mass is 9.91. The van der Waals surface area contributed by atoms with E-state index in [1.807, 2.05) is 23.2 Å². The van der Waals surface area contributed by atoms with Gasteiger partial charge < -0.3 is 29.2 Å². The van der Waals surface area contributed by atoms with Gasteiger partial charge in [0.2, 0.25) is 5.91 Å². The van der Waals surface area contributed by atoms with Crippen LogP contribution < -0.4 is 20.4 Å². The molecule has 0 aliphatic carbocycles. The van der Waals surface area contributed by atoms with Gasteiger partial charge in [0.05, 0.1) is 24.5 Å². The summed E-state index contributed by atoms with van der Waals surface area (Å²) in [5, 5.41) is 3.50. The Morgan fingerprint density at radius 1 is 1.22 bits per heavy atom. The molecular weight excluding hydrogens is 491 g/mol. The van der Waals surface area contributed by atoms with E-state index in [-0.39, 0.29) is 11.8 Å². The van der Waals surface area contributed by atoms with Gasteiger partial charge in [-0.1, -0.05) is 6.58 Å². The number of morpholine rings is 1. The molecule has 3 saturated heterocycles. The van der Waals surface area contributed by atoms with Crippen molar-refractivity contribution in [3.63, 3.8) is 0 Å². The number of rotatable bonds is 5. The summed E-state index contributed by atoms with van der Waals surface area (Å²) in [6.45, 7) is 13.6. The highest BCUT2D eigenvalue weighted by atomic mass is 31.2. The van der Waals surface area contributed by atoms with Crippen LogP contribution in [0.25, 0.3) is 0 Å². The second-order valence-corrected chi connectivity index (χ2v) is 13.6. The summed E-state index contributed by atoms with van der Waals surface area (Å²) in [7, 11) is -2.73. The Hall–Kier alpha value is -2.94. The second kappa shape index (κ2) is 9.42. The predicted molar refractivity (Wildman–Crippen MR) is 143 cm³/mol. The SMILES string of the molecule is C=CC(=O)N1CC(N2CC(c3cc4c(c(P(C)(C)=O)n3)OCc3c(N5CCOCC5)ccnc3N4)C2)C1. The largest absolute Gasteiger partial charge is 0.484 e. The normalized spacial score (nSPS) is 20.5. The fourth-order valence-corrected chi connectivity index (χ4v) is 6.48. The molecule has 1 amide bonds. The van der Waals surface area contributed by atoms with Crippen LogP contribution in [0.4, 0.5) is 17.2 Å². The zero-order valence-corrected chi connectivity index (χ0v) is 22.2. The topological polar surface area (TPSA) is 100 Å². The highest BCUT2D eigenvalue weighted by molar-refractivity contribution is 7.70. The summed E-state index contributed by atoms with van der Waals surface area (Å²) in [5.74, 6) is 1.53. The number of hydrogen-bond acceptors (Lipinski definition) is 9. The monoisotopic (exact) mass is 524 g/mol. The van der Waals surface area contributed by atoms with Crippen molar-refractivity contribution in [3.05, 3.63) is 42.2 Å². The number of pyridine rings is 2. The van der Waals surface area contributed by atoms with Gasteiger partial charge >= 0.3 is 0 Å². The Bertz CT molecular complexity index is 1280. The van der Waals surface area contributed by atoms with E-state index in [1.54, 1.807) is 13.3 Å². The summed E-state index contributed by atoms with van der Waals surface area (Å²) in [5.41, 5.74) is 4.26. The number of carbonyl (C=O) groups is 1. The maximum absolute atomic E-state index is 13.4. The average Bonchev–Trinajstić information content (AvgIpc) is 3.02. The van der Waals surface area contributed by atoms with Gasteiger partial charge in [0.25, 0.3) is 0 Å². The number of carbonyl (C=O) groups excluding carboxylic acids is 1. The first-order valence-electron chi connectivity index (χ1n) is 12.8. The van der Waals surface area contributed by atoms with Crippen molar-refractivity contribution in [2.75, 3.05) is 76.0 Å². The van der Waals surface area contributed by atoms with E-state index in [0.29, 0.717) is 37.0 Å². The Morgan fingerprint density at radius 2 is 1.97 bits per heavy atom. The molecule has 0 radical (unpaired) electrons. The minimum Gasteiger partial charge on any atom is -0.484 e. The summed E-state index contributed by atoms with van der Waals surface area (Å²) in [6, 6.07) is 4.43. The van der Waals surface area contributed by atoms with Gasteiger partial charge in [-0.25, -0.2) is 9.97 Å². The van der Waals surface area contributed by atoms with E-state index in [4.69, 9.17) is 14.5 Å². The number of hydrogen-bond donors (Lipinski definition) is 1. The van der Waals surface area contributed by atoms with Crippen LogP contribution in [-0.2, 0) is 20.7 Å². The van der Waals surface area contributed by atoms with Crippen molar-refractivity contribution in [1.82, 2.24) is 19.8 Å². The Kier molecular flexibility index (Phi) is 6.21. The first kappa shape index (κ1) is 24.4. The zero-order valence-electron chi connectivity index (χ0n) is 21.4. The molecule has 1 N–H and O–H groups in total. The molecule has 3 fully saturated rings. The maximum Gasteiger partial charge on any atom is 0.246 e. The van der Waals surface area contributed by atoms with Crippen molar-refractivity contribution in [2.24, 2.45) is 0 Å². The Balaban J connectivity index is 1.25. The Labute approximate surface area is 217 Å². The number of anilines is 3. The molecule has 4 aliphatic heterocycles. The van der Waals surface area contributed by atoms with Gasteiger partial charge in [0.15, 0.2) is 5.75 Å². The van der Waals surface area contributed by atoms with Crippen LogP contribution in [0.5, 0.6) is 5.75 Å². The third kappa shape index (κ3) is 4.51. The average molecular weight is 525 g/mol. The number of nitrogens with zero attached hydrogens (tertiary/aromatic N) is 5. The number of likely N-dealkylation sites (tertiary alicyclic amines) is 2. The van der Waals surface area contributed by atoms with E-state index in [0.717, 1.165) is 67.7 Å². The van der Waals surface area contributed by atoms with Gasteiger partial charge in [-0.2, -0.15) is 0 Å². The number of amides is 1. The van der Waals surface area contributed by atoms with Gasteiger partial charge in [-0.15, -0.1) is 0 Å². The van der Waals surface area contributed by atoms with Crippen molar-refractivity contribution in [2.45, 2.75) is 18.6 Å². The van der Waals surface area contributed by atoms with Gasteiger partial charge in [-0.05, 0) is 31.5 Å². The fourth-order valence-electron chi connectivity index (χ4n) is 5.45. The summed E-state index contributed by atoms with van der Waals surface area (Å²) in [4.78, 5) is 27.8. The number of nitrogens with one attached hydrogen (secondary N) is 1. The first-order valence-corrected chi connectivity index (χ1v) is 15.4. The van der Waals surface area contributed by atoms with Crippen LogP contribution in [0.2, 0.25) is 0 Å². The zero-order chi connectivity index (χ0) is 25.7. The molecule has 0 atom stereocenters. The van der Waals surface area contributed by atoms with Gasteiger partial charge in [0.1, 0.15) is 25.0 Å². The van der Waals surface area contributed by atoms with Gasteiger partial charge in [0, 0.05) is 68.8 Å². The lowest BCUT2D eigenvalue weighted by Gasteiger charge is -2.51. The molecule has 0 bridgehead atoms. The molecule has 0 aromatic carbocycles. The van der Waals surface area contributed by atoms with Crippen LogP contribution in [0.1, 0.15) is 17.2 Å². The number of ether oxygens (including phenoxy) is 2. The third-order valence-electron chi connectivity index (χ3n) is 7.67. The molecule has 0 spiro atoms. The summed E-state index contributed by atoms with van der Waals surface area (Å²) >= 11 is 0. The van der Waals surface area contributed by atoms with E-state index < -0.39 is 7.14 Å². The molecule has 4 aliphatic rings. The van der Waals surface area contributed by atoms with Crippen LogP contribution >= 0.6 is 7.14 Å². The van der Waals surface area contributed by atoms with Crippen LogP contribution in [0.15, 0.2) is 31.0 Å². The van der Waals surface area contributed by atoms with E-state index in [2.05, 4.69) is 26.7 Å². The predicted octanol–water partition coefficient (Wildman–Crippen LogP) is 1.99. The van der Waals surface area contributed by atoms with Crippen molar-refractivity contribution < 1.29 is 18.8 Å². The lowest BCUT2D eigenvalue weighted by Crippen LogP contribution is -2.65. The minimum atomic E-state index is -2.73. The lowest BCUT2D eigenvalue weighted by molar-refractivity contribution is -0.134. The molecule has 2 aromatic heterocycles. The van der Waals surface area contributed by atoms with Gasteiger partial charge in [-0.3, -0.25) is 9.69 Å². The highest BCUT2D eigenvalue weighted by Crippen LogP contribution is 2.45. The Morgan fingerprint density at radius 3 is 2.68 bits per heavy atom. The van der Waals surface area contributed by atoms with Crippen LogP contribution in [-0.4, -0.2) is 97.5 Å². The molecule has 196 valence electrons. The quantitative estimate of drug-likeness (QED) is 0.465. The smallest absolute Gasteiger partial charge is 0.246 e. The third-order valence-corrected chi connectivity index (χ3v) is 9.00. The summed E-state index contributed by atoms with van der Waals surface area (Å²) < 4.78 is 25.2. The molecular formula is C26H33N6O4P. The molecule has 0 saturated carbocycles. The standard InChI is InChI=1S/C26H33N6O4P/c1-4-23(33)32-14-18(15-32)31-12-17(13-31)20-11-21-24(26(29-20)37(2,3)34)36-16-19-22(5-6-27-25(19)28-21)30-7-9-35-10-8-30/h4-6,11,17-18H,1,7-10,12-16H2,2-3H3,(H,27,28). The second-order valence-electron chi connectivity index (χ2n) is 10.5. The van der Waals surface area contributed by atoms with Crippen molar-refractivity contribution in [1.29, 1.82) is 0 Å². The first-order chi connectivity index (χ1) is 17.8. The van der Waals surface area contributed by atoms with Crippen molar-refractivity contribution >= 4 is 35.7 Å².